The fourth-order valence-corrected chi connectivity index (χ4v) is 3.14. The normalized spacial score (nSPS) is 12.4. The van der Waals surface area contributed by atoms with E-state index in [9.17, 15) is 24.8 Å². The van der Waals surface area contributed by atoms with Crippen LogP contribution in [0.4, 0.5) is 5.69 Å². The van der Waals surface area contributed by atoms with Gasteiger partial charge in [0.1, 0.15) is 11.4 Å². The van der Waals surface area contributed by atoms with Crippen molar-refractivity contribution in [2.24, 2.45) is 5.10 Å². The second kappa shape index (κ2) is 10.2. The molecule has 2 amide bonds. The highest BCUT2D eigenvalue weighted by Gasteiger charge is 2.17. The third kappa shape index (κ3) is 5.60. The van der Waals surface area contributed by atoms with E-state index in [1.54, 1.807) is 48.5 Å². The Hall–Kier alpha value is -5.19. The second-order valence-corrected chi connectivity index (χ2v) is 7.19. The number of ether oxygens (including phenoxy) is 2. The summed E-state index contributed by atoms with van der Waals surface area (Å²) >= 11 is 0. The zero-order chi connectivity index (χ0) is 24.8. The highest BCUT2D eigenvalue weighted by atomic mass is 16.7. The number of carbonyl (C=O) groups is 2. The van der Waals surface area contributed by atoms with Gasteiger partial charge in [0.05, 0.1) is 16.7 Å². The maximum absolute atomic E-state index is 12.9. The van der Waals surface area contributed by atoms with Gasteiger partial charge >= 0.3 is 0 Å². The summed E-state index contributed by atoms with van der Waals surface area (Å²) in [5.74, 6) is -0.478. The minimum absolute atomic E-state index is 0.0232. The van der Waals surface area contributed by atoms with Crippen LogP contribution in [-0.4, -0.2) is 34.9 Å². The van der Waals surface area contributed by atoms with Crippen molar-refractivity contribution in [2.45, 2.75) is 0 Å². The molecule has 0 unspecified atom stereocenters. The number of nitrogens with one attached hydrogen (secondary N) is 2. The molecular formula is C24H18N4O7. The summed E-state index contributed by atoms with van der Waals surface area (Å²) in [7, 11) is 0. The van der Waals surface area contributed by atoms with Crippen LogP contribution in [0.3, 0.4) is 0 Å². The molecule has 11 heteroatoms. The highest BCUT2D eigenvalue weighted by Crippen LogP contribution is 2.33. The lowest BCUT2D eigenvalue weighted by molar-refractivity contribution is -0.385. The summed E-state index contributed by atoms with van der Waals surface area (Å²) in [5.41, 5.74) is 2.63. The average Bonchev–Trinajstić information content (AvgIpc) is 3.32. The van der Waals surface area contributed by atoms with E-state index >= 15 is 0 Å². The van der Waals surface area contributed by atoms with Crippen LogP contribution in [0.1, 0.15) is 21.5 Å². The van der Waals surface area contributed by atoms with Crippen LogP contribution in [0.2, 0.25) is 0 Å². The molecule has 0 saturated carbocycles. The molecule has 3 aromatic rings. The summed E-state index contributed by atoms with van der Waals surface area (Å²) in [6.45, 7) is 0.0798. The first kappa shape index (κ1) is 23.0. The van der Waals surface area contributed by atoms with E-state index in [0.29, 0.717) is 22.6 Å². The number of benzene rings is 3. The van der Waals surface area contributed by atoms with Crippen molar-refractivity contribution in [1.29, 1.82) is 0 Å². The van der Waals surface area contributed by atoms with E-state index in [1.165, 1.54) is 12.1 Å². The molecule has 0 radical (unpaired) electrons. The fraction of sp³-hybridized carbons (Fsp3) is 0.0417. The standard InChI is InChI=1S/C24H18N4O7/c29-18-7-8-20(28(32)33)17(12-18)13-25-27-24(31)19(26-23(30)16-4-2-1-3-5-16)10-15-6-9-21-22(11-15)35-14-34-21/h1-13,29H,14H2,(H,26,30)(H,27,31)/b19-10+,25-13+. The van der Waals surface area contributed by atoms with Gasteiger partial charge in [-0.1, -0.05) is 24.3 Å². The number of nitro groups is 1. The largest absolute Gasteiger partial charge is 0.508 e. The lowest BCUT2D eigenvalue weighted by Crippen LogP contribution is -2.32. The number of fused-ring (bicyclic) bond motifs is 1. The molecule has 0 saturated heterocycles. The van der Waals surface area contributed by atoms with E-state index in [-0.39, 0.29) is 29.5 Å². The zero-order valence-corrected chi connectivity index (χ0v) is 18.0. The first-order valence-electron chi connectivity index (χ1n) is 10.2. The van der Waals surface area contributed by atoms with Crippen LogP contribution in [0.25, 0.3) is 6.08 Å². The molecule has 1 aliphatic heterocycles. The molecule has 0 spiro atoms. The molecule has 1 heterocycles. The molecule has 11 nitrogen and oxygen atoms in total. The van der Waals surface area contributed by atoms with Crippen LogP contribution in [0.5, 0.6) is 17.2 Å². The van der Waals surface area contributed by atoms with Crippen molar-refractivity contribution in [2.75, 3.05) is 6.79 Å². The third-order valence-electron chi connectivity index (χ3n) is 4.81. The average molecular weight is 474 g/mol. The Morgan fingerprint density at radius 2 is 1.80 bits per heavy atom. The van der Waals surface area contributed by atoms with Gasteiger partial charge < -0.3 is 19.9 Å². The monoisotopic (exact) mass is 474 g/mol. The summed E-state index contributed by atoms with van der Waals surface area (Å²) in [5, 5.41) is 27.1. The predicted molar refractivity (Wildman–Crippen MR) is 125 cm³/mol. The van der Waals surface area contributed by atoms with E-state index in [0.717, 1.165) is 18.3 Å². The van der Waals surface area contributed by atoms with Gasteiger partial charge in [0.2, 0.25) is 6.79 Å². The molecule has 3 aromatic carbocycles. The first-order valence-corrected chi connectivity index (χ1v) is 10.2. The molecule has 0 fully saturated rings. The number of hydrazone groups is 1. The van der Waals surface area contributed by atoms with Gasteiger partial charge in [-0.15, -0.1) is 0 Å². The van der Waals surface area contributed by atoms with Crippen LogP contribution in [0, 0.1) is 10.1 Å². The number of hydrogen-bond acceptors (Lipinski definition) is 8. The number of hydrogen-bond donors (Lipinski definition) is 3. The number of amides is 2. The van der Waals surface area contributed by atoms with Crippen molar-refractivity contribution >= 4 is 29.8 Å². The van der Waals surface area contributed by atoms with Gasteiger partial charge in [-0.05, 0) is 48.0 Å². The summed E-state index contributed by atoms with van der Waals surface area (Å²) in [6.07, 6.45) is 2.44. The van der Waals surface area contributed by atoms with Gasteiger partial charge in [-0.2, -0.15) is 5.10 Å². The lowest BCUT2D eigenvalue weighted by atomic mass is 10.1. The Bertz CT molecular complexity index is 1350. The van der Waals surface area contributed by atoms with Crippen molar-refractivity contribution in [3.05, 3.63) is 99.2 Å². The van der Waals surface area contributed by atoms with Crippen molar-refractivity contribution < 1.29 is 29.1 Å². The van der Waals surface area contributed by atoms with Crippen LogP contribution in [-0.2, 0) is 4.79 Å². The summed E-state index contributed by atoms with van der Waals surface area (Å²) in [4.78, 5) is 36.1. The number of carbonyl (C=O) groups excluding carboxylic acids is 2. The molecule has 176 valence electrons. The molecule has 0 bridgehead atoms. The van der Waals surface area contributed by atoms with Crippen molar-refractivity contribution in [1.82, 2.24) is 10.7 Å². The summed E-state index contributed by atoms with van der Waals surface area (Å²) < 4.78 is 10.6. The van der Waals surface area contributed by atoms with E-state index in [4.69, 9.17) is 9.47 Å². The maximum atomic E-state index is 12.9. The Balaban J connectivity index is 1.59. The highest BCUT2D eigenvalue weighted by molar-refractivity contribution is 6.05. The van der Waals surface area contributed by atoms with Crippen molar-refractivity contribution in [3.63, 3.8) is 0 Å². The molecule has 3 N–H and O–H groups in total. The maximum Gasteiger partial charge on any atom is 0.287 e. The predicted octanol–water partition coefficient (Wildman–Crippen LogP) is 2.95. The third-order valence-corrected chi connectivity index (χ3v) is 4.81. The fourth-order valence-electron chi connectivity index (χ4n) is 3.14. The Kier molecular flexibility index (Phi) is 6.68. The zero-order valence-electron chi connectivity index (χ0n) is 18.0. The molecule has 0 aliphatic carbocycles. The second-order valence-electron chi connectivity index (χ2n) is 7.19. The van der Waals surface area contributed by atoms with Crippen LogP contribution < -0.4 is 20.2 Å². The minimum Gasteiger partial charge on any atom is -0.508 e. The number of nitrogens with zero attached hydrogens (tertiary/aromatic N) is 2. The lowest BCUT2D eigenvalue weighted by Gasteiger charge is -2.09. The Morgan fingerprint density at radius 1 is 1.03 bits per heavy atom. The molecule has 0 aromatic heterocycles. The number of aromatic hydroxyl groups is 1. The van der Waals surface area contributed by atoms with Gasteiger partial charge in [-0.25, -0.2) is 5.43 Å². The molecule has 1 aliphatic rings. The van der Waals surface area contributed by atoms with E-state index < -0.39 is 16.7 Å². The smallest absolute Gasteiger partial charge is 0.287 e. The van der Waals surface area contributed by atoms with Crippen molar-refractivity contribution in [3.8, 4) is 17.2 Å². The summed E-state index contributed by atoms with van der Waals surface area (Å²) in [6, 6.07) is 16.7. The molecule has 4 rings (SSSR count). The van der Waals surface area contributed by atoms with Gasteiger partial charge in [0, 0.05) is 11.6 Å². The molecular weight excluding hydrogens is 456 g/mol. The number of nitro benzene ring substituents is 1. The first-order chi connectivity index (χ1) is 16.9. The Morgan fingerprint density at radius 3 is 2.57 bits per heavy atom. The molecule has 0 atom stereocenters. The van der Waals surface area contributed by atoms with Crippen LogP contribution >= 0.6 is 0 Å². The van der Waals surface area contributed by atoms with Gasteiger partial charge in [0.25, 0.3) is 17.5 Å². The van der Waals surface area contributed by atoms with E-state index in [1.807, 2.05) is 0 Å². The minimum atomic E-state index is -0.786. The molecule has 35 heavy (non-hydrogen) atoms. The van der Waals surface area contributed by atoms with E-state index in [2.05, 4.69) is 15.8 Å². The number of phenolic OH excluding ortho intramolecular Hbond substituents is 1. The topological polar surface area (TPSA) is 152 Å². The number of phenols is 1. The van der Waals surface area contributed by atoms with Gasteiger partial charge in [-0.3, -0.25) is 19.7 Å². The quantitative estimate of drug-likeness (QED) is 0.206. The van der Waals surface area contributed by atoms with Gasteiger partial charge in [0.15, 0.2) is 11.5 Å². The van der Waals surface area contributed by atoms with Crippen LogP contribution in [0.15, 0.2) is 77.5 Å². The Labute approximate surface area is 198 Å². The number of rotatable bonds is 7. The SMILES string of the molecule is O=C(N/N=C/c1cc(O)ccc1[N+](=O)[O-])/C(=C\c1ccc2c(c1)OCO2)NC(=O)c1ccccc1.